The molecular formula is C11H20O. The van der Waals surface area contributed by atoms with Crippen LogP contribution in [0.4, 0.5) is 0 Å². The molecule has 0 heterocycles. The second-order valence-corrected chi connectivity index (χ2v) is 3.82. The van der Waals surface area contributed by atoms with Crippen LogP contribution in [-0.2, 0) is 0 Å². The van der Waals surface area contributed by atoms with Crippen LogP contribution in [0.25, 0.3) is 0 Å². The minimum absolute atomic E-state index is 0.716. The third-order valence-corrected chi connectivity index (χ3v) is 2.37. The van der Waals surface area contributed by atoms with Crippen molar-refractivity contribution >= 4 is 0 Å². The highest BCUT2D eigenvalue weighted by molar-refractivity contribution is 5.03. The lowest BCUT2D eigenvalue weighted by Crippen LogP contribution is -2.20. The van der Waals surface area contributed by atoms with Crippen molar-refractivity contribution in [3.05, 3.63) is 0 Å². The first-order chi connectivity index (χ1) is 5.52. The average Bonchev–Trinajstić information content (AvgIpc) is 2.04. The standard InChI is InChI=1S/C11H20O/c1-5-10(3)8-7-9-11(4,12)6-2/h2,10,12H,5,7-9H2,1,3-4H3/t10-,11-/m0/s1. The molecule has 0 fully saturated rings. The minimum atomic E-state index is -0.895. The van der Waals surface area contributed by atoms with Crippen molar-refractivity contribution in [3.8, 4) is 12.3 Å². The average molecular weight is 168 g/mol. The van der Waals surface area contributed by atoms with Gasteiger partial charge in [0.05, 0.1) is 0 Å². The number of hydrogen-bond acceptors (Lipinski definition) is 1. The predicted octanol–water partition coefficient (Wildman–Crippen LogP) is 2.59. The molecule has 70 valence electrons. The van der Waals surface area contributed by atoms with Gasteiger partial charge in [0, 0.05) is 0 Å². The zero-order valence-corrected chi connectivity index (χ0v) is 8.43. The van der Waals surface area contributed by atoms with Crippen LogP contribution in [-0.4, -0.2) is 10.7 Å². The molecule has 0 bridgehead atoms. The fourth-order valence-electron chi connectivity index (χ4n) is 1.07. The molecule has 1 heteroatoms. The van der Waals surface area contributed by atoms with Gasteiger partial charge >= 0.3 is 0 Å². The third-order valence-electron chi connectivity index (χ3n) is 2.37. The fraction of sp³-hybridized carbons (Fsp3) is 0.818. The summed E-state index contributed by atoms with van der Waals surface area (Å²) in [5.41, 5.74) is -0.895. The Bertz CT molecular complexity index is 153. The Labute approximate surface area is 76.2 Å². The van der Waals surface area contributed by atoms with Crippen molar-refractivity contribution in [2.45, 2.75) is 52.1 Å². The Morgan fingerprint density at radius 2 is 2.17 bits per heavy atom. The van der Waals surface area contributed by atoms with Crippen LogP contribution in [0.15, 0.2) is 0 Å². The first-order valence-corrected chi connectivity index (χ1v) is 4.72. The second-order valence-electron chi connectivity index (χ2n) is 3.82. The molecule has 0 aromatic carbocycles. The quantitative estimate of drug-likeness (QED) is 0.626. The molecule has 0 aromatic heterocycles. The summed E-state index contributed by atoms with van der Waals surface area (Å²) < 4.78 is 0. The van der Waals surface area contributed by atoms with E-state index < -0.39 is 5.60 Å². The molecule has 12 heavy (non-hydrogen) atoms. The smallest absolute Gasteiger partial charge is 0.122 e. The number of hydrogen-bond donors (Lipinski definition) is 1. The topological polar surface area (TPSA) is 20.2 Å². The van der Waals surface area contributed by atoms with Crippen LogP contribution in [0.1, 0.15) is 46.5 Å². The van der Waals surface area contributed by atoms with Crippen LogP contribution in [0.3, 0.4) is 0 Å². The summed E-state index contributed by atoms with van der Waals surface area (Å²) in [6.45, 7) is 6.11. The highest BCUT2D eigenvalue weighted by Gasteiger charge is 2.15. The Hall–Kier alpha value is -0.480. The van der Waals surface area contributed by atoms with Crippen LogP contribution in [0.2, 0.25) is 0 Å². The normalized spacial score (nSPS) is 17.9. The van der Waals surface area contributed by atoms with Gasteiger partial charge in [0.15, 0.2) is 0 Å². The molecule has 0 radical (unpaired) electrons. The first kappa shape index (κ1) is 11.5. The summed E-state index contributed by atoms with van der Waals surface area (Å²) in [5.74, 6) is 3.14. The Balaban J connectivity index is 3.51. The van der Waals surface area contributed by atoms with Crippen LogP contribution in [0, 0.1) is 18.3 Å². The summed E-state index contributed by atoms with van der Waals surface area (Å²) in [6.07, 6.45) is 9.26. The van der Waals surface area contributed by atoms with Crippen molar-refractivity contribution in [2.24, 2.45) is 5.92 Å². The monoisotopic (exact) mass is 168 g/mol. The molecule has 0 saturated heterocycles. The van der Waals surface area contributed by atoms with E-state index in [-0.39, 0.29) is 0 Å². The fourth-order valence-corrected chi connectivity index (χ4v) is 1.07. The molecule has 1 nitrogen and oxygen atoms in total. The van der Waals surface area contributed by atoms with E-state index in [1.54, 1.807) is 6.92 Å². The molecule has 0 rings (SSSR count). The maximum atomic E-state index is 9.47. The van der Waals surface area contributed by atoms with Gasteiger partial charge in [-0.1, -0.05) is 32.6 Å². The van der Waals surface area contributed by atoms with E-state index in [4.69, 9.17) is 6.42 Å². The summed E-state index contributed by atoms with van der Waals surface area (Å²) in [7, 11) is 0. The lowest BCUT2D eigenvalue weighted by atomic mass is 9.95. The summed E-state index contributed by atoms with van der Waals surface area (Å²) in [5, 5.41) is 9.47. The summed E-state index contributed by atoms with van der Waals surface area (Å²) in [4.78, 5) is 0. The van der Waals surface area contributed by atoms with E-state index >= 15 is 0 Å². The maximum absolute atomic E-state index is 9.47. The van der Waals surface area contributed by atoms with Crippen molar-refractivity contribution in [2.75, 3.05) is 0 Å². The van der Waals surface area contributed by atoms with Crippen LogP contribution in [0.5, 0.6) is 0 Å². The zero-order chi connectivity index (χ0) is 9.61. The number of rotatable bonds is 5. The Morgan fingerprint density at radius 1 is 1.58 bits per heavy atom. The Morgan fingerprint density at radius 3 is 2.58 bits per heavy atom. The molecule has 0 amide bonds. The molecule has 0 aliphatic carbocycles. The minimum Gasteiger partial charge on any atom is -0.378 e. The molecule has 1 N–H and O–H groups in total. The Kier molecular flexibility index (Phi) is 5.01. The van der Waals surface area contributed by atoms with E-state index in [1.807, 2.05) is 0 Å². The predicted molar refractivity (Wildman–Crippen MR) is 52.8 cm³/mol. The van der Waals surface area contributed by atoms with Gasteiger partial charge in [-0.2, -0.15) is 0 Å². The van der Waals surface area contributed by atoms with Crippen LogP contribution < -0.4 is 0 Å². The summed E-state index contributed by atoms with van der Waals surface area (Å²) >= 11 is 0. The van der Waals surface area contributed by atoms with E-state index in [0.29, 0.717) is 6.42 Å². The molecule has 0 saturated carbocycles. The van der Waals surface area contributed by atoms with Crippen molar-refractivity contribution in [3.63, 3.8) is 0 Å². The molecule has 0 aliphatic heterocycles. The third kappa shape index (κ3) is 5.21. The molecule has 0 unspecified atom stereocenters. The van der Waals surface area contributed by atoms with Crippen molar-refractivity contribution < 1.29 is 5.11 Å². The van der Waals surface area contributed by atoms with Gasteiger partial charge in [0.2, 0.25) is 0 Å². The number of terminal acetylenes is 1. The van der Waals surface area contributed by atoms with Gasteiger partial charge in [0.1, 0.15) is 5.60 Å². The largest absolute Gasteiger partial charge is 0.378 e. The lowest BCUT2D eigenvalue weighted by molar-refractivity contribution is 0.107. The van der Waals surface area contributed by atoms with E-state index in [0.717, 1.165) is 18.8 Å². The maximum Gasteiger partial charge on any atom is 0.122 e. The highest BCUT2D eigenvalue weighted by atomic mass is 16.3. The molecule has 2 atom stereocenters. The number of aliphatic hydroxyl groups is 1. The molecule has 0 aliphatic rings. The molecule has 0 aromatic rings. The van der Waals surface area contributed by atoms with Crippen LogP contribution >= 0.6 is 0 Å². The van der Waals surface area contributed by atoms with Gasteiger partial charge < -0.3 is 5.11 Å². The van der Waals surface area contributed by atoms with Gasteiger partial charge in [-0.25, -0.2) is 0 Å². The van der Waals surface area contributed by atoms with Gasteiger partial charge in [-0.3, -0.25) is 0 Å². The van der Waals surface area contributed by atoms with Gasteiger partial charge in [0.25, 0.3) is 0 Å². The first-order valence-electron chi connectivity index (χ1n) is 4.72. The second kappa shape index (κ2) is 5.22. The van der Waals surface area contributed by atoms with Gasteiger partial charge in [-0.15, -0.1) is 6.42 Å². The lowest BCUT2D eigenvalue weighted by Gasteiger charge is -2.16. The van der Waals surface area contributed by atoms with E-state index in [2.05, 4.69) is 19.8 Å². The summed E-state index contributed by atoms with van der Waals surface area (Å²) in [6, 6.07) is 0. The van der Waals surface area contributed by atoms with Crippen molar-refractivity contribution in [1.82, 2.24) is 0 Å². The molecular weight excluding hydrogens is 148 g/mol. The molecule has 0 spiro atoms. The van der Waals surface area contributed by atoms with E-state index in [1.165, 1.54) is 6.42 Å². The zero-order valence-electron chi connectivity index (χ0n) is 8.43. The van der Waals surface area contributed by atoms with Gasteiger partial charge in [-0.05, 0) is 25.7 Å². The highest BCUT2D eigenvalue weighted by Crippen LogP contribution is 2.16. The van der Waals surface area contributed by atoms with Crippen molar-refractivity contribution in [1.29, 1.82) is 0 Å². The van der Waals surface area contributed by atoms with E-state index in [9.17, 15) is 5.11 Å². The SMILES string of the molecule is C#C[C@](C)(O)CCC[C@@H](C)CC.